The van der Waals surface area contributed by atoms with Crippen molar-refractivity contribution in [1.29, 1.82) is 5.26 Å². The van der Waals surface area contributed by atoms with Gasteiger partial charge >= 0.3 is 0 Å². The van der Waals surface area contributed by atoms with Crippen LogP contribution in [0.25, 0.3) is 6.08 Å². The molecule has 2 aromatic rings. The number of anilines is 2. The van der Waals surface area contributed by atoms with Crippen LogP contribution in [0.4, 0.5) is 16.0 Å². The van der Waals surface area contributed by atoms with E-state index in [1.165, 1.54) is 24.3 Å². The standard InChI is InChI=1S/C18H18FN3O2/c1-3-22(4-2)17-10-9-14(24-17)11-13(12-20)18(23)21-16-8-6-5-7-15(16)19/h5-11H,3-4H2,1-2H3,(H,21,23)/b13-11-. The summed E-state index contributed by atoms with van der Waals surface area (Å²) < 4.78 is 19.2. The van der Waals surface area contributed by atoms with E-state index < -0.39 is 11.7 Å². The second-order valence-corrected chi connectivity index (χ2v) is 4.95. The quantitative estimate of drug-likeness (QED) is 0.647. The molecule has 24 heavy (non-hydrogen) atoms. The summed E-state index contributed by atoms with van der Waals surface area (Å²) >= 11 is 0. The fourth-order valence-electron chi connectivity index (χ4n) is 2.17. The van der Waals surface area contributed by atoms with Gasteiger partial charge in [-0.3, -0.25) is 4.79 Å². The third-order valence-corrected chi connectivity index (χ3v) is 3.46. The Balaban J connectivity index is 2.19. The van der Waals surface area contributed by atoms with Crippen LogP contribution in [0.1, 0.15) is 19.6 Å². The van der Waals surface area contributed by atoms with Crippen LogP contribution in [-0.4, -0.2) is 19.0 Å². The Hall–Kier alpha value is -3.07. The molecule has 0 unspecified atom stereocenters. The van der Waals surface area contributed by atoms with Gasteiger partial charge in [0.25, 0.3) is 5.91 Å². The highest BCUT2D eigenvalue weighted by molar-refractivity contribution is 6.09. The molecule has 1 amide bonds. The first-order chi connectivity index (χ1) is 11.6. The van der Waals surface area contributed by atoms with E-state index in [1.54, 1.807) is 18.2 Å². The summed E-state index contributed by atoms with van der Waals surface area (Å²) in [5.74, 6) is -0.205. The summed E-state index contributed by atoms with van der Waals surface area (Å²) in [5.41, 5.74) is -0.148. The lowest BCUT2D eigenvalue weighted by Crippen LogP contribution is -2.20. The number of halogens is 1. The number of benzene rings is 1. The normalized spacial score (nSPS) is 11.0. The zero-order valence-electron chi connectivity index (χ0n) is 13.5. The molecule has 124 valence electrons. The Bertz CT molecular complexity index is 786. The summed E-state index contributed by atoms with van der Waals surface area (Å²) in [6.45, 7) is 5.58. The summed E-state index contributed by atoms with van der Waals surface area (Å²) in [6.07, 6.45) is 1.34. The highest BCUT2D eigenvalue weighted by Gasteiger charge is 2.13. The molecule has 5 nitrogen and oxygen atoms in total. The molecule has 0 bridgehead atoms. The molecule has 0 saturated carbocycles. The summed E-state index contributed by atoms with van der Waals surface area (Å²) in [6, 6.07) is 11.0. The first kappa shape index (κ1) is 17.3. The molecule has 6 heteroatoms. The number of nitrogens with one attached hydrogen (secondary N) is 1. The smallest absolute Gasteiger partial charge is 0.266 e. The molecular formula is C18H18FN3O2. The van der Waals surface area contributed by atoms with Gasteiger partial charge in [-0.1, -0.05) is 12.1 Å². The maximum absolute atomic E-state index is 13.6. The van der Waals surface area contributed by atoms with E-state index in [0.717, 1.165) is 13.1 Å². The third kappa shape index (κ3) is 4.02. The fourth-order valence-corrected chi connectivity index (χ4v) is 2.17. The number of para-hydroxylation sites is 1. The van der Waals surface area contributed by atoms with Crippen molar-refractivity contribution in [1.82, 2.24) is 0 Å². The minimum Gasteiger partial charge on any atom is -0.441 e. The van der Waals surface area contributed by atoms with Crippen LogP contribution in [0.3, 0.4) is 0 Å². The predicted octanol–water partition coefficient (Wildman–Crippen LogP) is 3.81. The van der Waals surface area contributed by atoms with E-state index >= 15 is 0 Å². The molecule has 0 fully saturated rings. The zero-order valence-corrected chi connectivity index (χ0v) is 13.5. The molecule has 0 aliphatic rings. The van der Waals surface area contributed by atoms with Gasteiger partial charge in [0.2, 0.25) is 0 Å². The topological polar surface area (TPSA) is 69.3 Å². The Morgan fingerprint density at radius 2 is 2.00 bits per heavy atom. The largest absolute Gasteiger partial charge is 0.441 e. The molecular weight excluding hydrogens is 309 g/mol. The molecule has 1 heterocycles. The molecule has 1 N–H and O–H groups in total. The minimum absolute atomic E-state index is 0.0203. The van der Waals surface area contributed by atoms with Crippen LogP contribution in [0.2, 0.25) is 0 Å². The van der Waals surface area contributed by atoms with Crippen molar-refractivity contribution in [3.8, 4) is 6.07 Å². The Labute approximate surface area is 140 Å². The van der Waals surface area contributed by atoms with Gasteiger partial charge in [-0.2, -0.15) is 5.26 Å². The van der Waals surface area contributed by atoms with Crippen LogP contribution in [0, 0.1) is 17.1 Å². The van der Waals surface area contributed by atoms with Gasteiger partial charge in [0, 0.05) is 25.2 Å². The second-order valence-electron chi connectivity index (χ2n) is 4.95. The minimum atomic E-state index is -0.691. The summed E-state index contributed by atoms with van der Waals surface area (Å²) in [7, 11) is 0. The van der Waals surface area contributed by atoms with Crippen LogP contribution in [0.5, 0.6) is 0 Å². The number of furan rings is 1. The maximum atomic E-state index is 13.6. The van der Waals surface area contributed by atoms with E-state index in [9.17, 15) is 14.4 Å². The van der Waals surface area contributed by atoms with Crippen LogP contribution >= 0.6 is 0 Å². The highest BCUT2D eigenvalue weighted by atomic mass is 19.1. The number of hydrogen-bond donors (Lipinski definition) is 1. The van der Waals surface area contributed by atoms with Gasteiger partial charge in [-0.05, 0) is 32.0 Å². The van der Waals surface area contributed by atoms with Gasteiger partial charge in [0.15, 0.2) is 5.88 Å². The molecule has 0 radical (unpaired) electrons. The first-order valence-corrected chi connectivity index (χ1v) is 7.61. The van der Waals surface area contributed by atoms with Crippen molar-refractivity contribution < 1.29 is 13.6 Å². The predicted molar refractivity (Wildman–Crippen MR) is 90.9 cm³/mol. The number of rotatable bonds is 6. The van der Waals surface area contributed by atoms with Crippen LogP contribution in [0.15, 0.2) is 46.4 Å². The summed E-state index contributed by atoms with van der Waals surface area (Å²) in [4.78, 5) is 14.1. The molecule has 0 aliphatic carbocycles. The van der Waals surface area contributed by atoms with E-state index in [-0.39, 0.29) is 11.3 Å². The Morgan fingerprint density at radius 1 is 1.29 bits per heavy atom. The van der Waals surface area contributed by atoms with Gasteiger partial charge in [-0.25, -0.2) is 4.39 Å². The van der Waals surface area contributed by atoms with E-state index in [0.29, 0.717) is 11.6 Å². The molecule has 0 atom stereocenters. The van der Waals surface area contributed by atoms with Crippen molar-refractivity contribution in [2.75, 3.05) is 23.3 Å². The average molecular weight is 327 g/mol. The van der Waals surface area contributed by atoms with E-state index in [4.69, 9.17) is 4.42 Å². The van der Waals surface area contributed by atoms with Crippen molar-refractivity contribution in [3.63, 3.8) is 0 Å². The van der Waals surface area contributed by atoms with E-state index in [1.807, 2.05) is 24.8 Å². The first-order valence-electron chi connectivity index (χ1n) is 7.61. The van der Waals surface area contributed by atoms with Crippen molar-refractivity contribution in [3.05, 3.63) is 53.5 Å². The number of hydrogen-bond acceptors (Lipinski definition) is 4. The highest BCUT2D eigenvalue weighted by Crippen LogP contribution is 2.21. The third-order valence-electron chi connectivity index (χ3n) is 3.46. The van der Waals surface area contributed by atoms with Gasteiger partial charge in [0.1, 0.15) is 23.2 Å². The molecule has 1 aromatic carbocycles. The van der Waals surface area contributed by atoms with Crippen molar-refractivity contribution in [2.45, 2.75) is 13.8 Å². The molecule has 0 saturated heterocycles. The average Bonchev–Trinajstić information content (AvgIpc) is 3.04. The number of carbonyl (C=O) groups excluding carboxylic acids is 1. The monoisotopic (exact) mass is 327 g/mol. The lowest BCUT2D eigenvalue weighted by molar-refractivity contribution is -0.112. The SMILES string of the molecule is CCN(CC)c1ccc(/C=C(/C#N)C(=O)Nc2ccccc2F)o1. The molecule has 0 spiro atoms. The van der Waals surface area contributed by atoms with Crippen molar-refractivity contribution >= 4 is 23.6 Å². The lowest BCUT2D eigenvalue weighted by Gasteiger charge is -2.16. The Morgan fingerprint density at radius 3 is 2.62 bits per heavy atom. The maximum Gasteiger partial charge on any atom is 0.266 e. The summed E-state index contributed by atoms with van der Waals surface area (Å²) in [5, 5.41) is 11.6. The van der Waals surface area contributed by atoms with Crippen LogP contribution in [-0.2, 0) is 4.79 Å². The van der Waals surface area contributed by atoms with Crippen molar-refractivity contribution in [2.24, 2.45) is 0 Å². The Kier molecular flexibility index (Phi) is 5.74. The molecule has 0 aliphatic heterocycles. The molecule has 1 aromatic heterocycles. The van der Waals surface area contributed by atoms with Crippen LogP contribution < -0.4 is 10.2 Å². The van der Waals surface area contributed by atoms with Gasteiger partial charge in [0.05, 0.1) is 5.69 Å². The van der Waals surface area contributed by atoms with E-state index in [2.05, 4.69) is 5.32 Å². The molecule has 2 rings (SSSR count). The second kappa shape index (κ2) is 7.97. The number of nitriles is 1. The zero-order chi connectivity index (χ0) is 17.5. The number of nitrogens with zero attached hydrogens (tertiary/aromatic N) is 2. The fraction of sp³-hybridized carbons (Fsp3) is 0.222. The number of carbonyl (C=O) groups is 1. The van der Waals surface area contributed by atoms with Gasteiger partial charge < -0.3 is 14.6 Å². The number of amides is 1. The lowest BCUT2D eigenvalue weighted by atomic mass is 10.2. The van der Waals surface area contributed by atoms with Gasteiger partial charge in [-0.15, -0.1) is 0 Å².